The van der Waals surface area contributed by atoms with Crippen LogP contribution in [0.5, 0.6) is 0 Å². The van der Waals surface area contributed by atoms with Crippen molar-refractivity contribution in [2.45, 2.75) is 6.92 Å². The molecule has 0 aliphatic rings. The number of rotatable bonds is 3. The molecule has 76 valence electrons. The molecule has 0 aliphatic carbocycles. The summed E-state index contributed by atoms with van der Waals surface area (Å²) in [7, 11) is 6.18. The Labute approximate surface area is 104 Å². The Morgan fingerprint density at radius 2 is 1.77 bits per heavy atom. The Balaban J connectivity index is 0. The fraction of sp³-hybridized carbons (Fsp3) is 0.857. The van der Waals surface area contributed by atoms with Gasteiger partial charge in [-0.25, -0.2) is 0 Å². The molecule has 0 spiro atoms. The van der Waals surface area contributed by atoms with Gasteiger partial charge in [0.1, 0.15) is 13.2 Å². The number of hydrogen-bond donors (Lipinski definition) is 0. The summed E-state index contributed by atoms with van der Waals surface area (Å²) >= 11 is -0.931. The van der Waals surface area contributed by atoms with Crippen LogP contribution in [0.25, 0.3) is 0 Å². The van der Waals surface area contributed by atoms with Crippen molar-refractivity contribution in [1.82, 2.24) is 0 Å². The van der Waals surface area contributed by atoms with Crippen molar-refractivity contribution in [1.29, 1.82) is 0 Å². The van der Waals surface area contributed by atoms with Crippen LogP contribution in [-0.4, -0.2) is 75.6 Å². The second-order valence-corrected chi connectivity index (χ2v) is 7.10. The fourth-order valence-corrected chi connectivity index (χ4v) is 0.463. The van der Waals surface area contributed by atoms with Crippen molar-refractivity contribution >= 4 is 49.6 Å². The zero-order chi connectivity index (χ0) is 10.9. The first-order valence-corrected chi connectivity index (χ1v) is 9.97. The van der Waals surface area contributed by atoms with Gasteiger partial charge in [-0.3, -0.25) is 4.79 Å². The van der Waals surface area contributed by atoms with Gasteiger partial charge in [-0.05, 0) is 0 Å². The number of nitrogens with zero attached hydrogens (tertiary/aromatic N) is 1. The van der Waals surface area contributed by atoms with Crippen molar-refractivity contribution in [3.63, 3.8) is 0 Å². The van der Waals surface area contributed by atoms with E-state index in [0.717, 1.165) is 11.0 Å². The van der Waals surface area contributed by atoms with Gasteiger partial charge in [-0.1, -0.05) is 0 Å². The molecule has 0 saturated heterocycles. The van der Waals surface area contributed by atoms with Crippen LogP contribution < -0.4 is 0 Å². The number of likely N-dealkylation sites (N-methyl/N-ethyl adjacent to an activating group) is 1. The predicted octanol–water partition coefficient (Wildman–Crippen LogP) is 1.25. The SMILES string of the molecule is CC(=O)OCC[N+](C)(C)C.[Cl][Ca][Cl]. The van der Waals surface area contributed by atoms with Gasteiger partial charge in [0.05, 0.1) is 21.1 Å². The zero-order valence-electron chi connectivity index (χ0n) is 8.64. The summed E-state index contributed by atoms with van der Waals surface area (Å²) in [6.45, 7) is 2.80. The molecule has 0 atom stereocenters. The van der Waals surface area contributed by atoms with E-state index in [1.165, 1.54) is 6.92 Å². The van der Waals surface area contributed by atoms with E-state index >= 15 is 0 Å². The average Bonchev–Trinajstić information content (AvgIpc) is 1.84. The number of esters is 1. The summed E-state index contributed by atoms with van der Waals surface area (Å²) in [6, 6.07) is 0. The third kappa shape index (κ3) is 24.6. The van der Waals surface area contributed by atoms with Crippen LogP contribution in [0, 0.1) is 0 Å². The van der Waals surface area contributed by atoms with Crippen molar-refractivity contribution in [2.75, 3.05) is 34.3 Å². The van der Waals surface area contributed by atoms with Gasteiger partial charge in [0.25, 0.3) is 0 Å². The normalized spacial score (nSPS) is 9.38. The molecule has 0 aromatic carbocycles. The summed E-state index contributed by atoms with van der Waals surface area (Å²) in [5.74, 6) is -0.201. The maximum absolute atomic E-state index is 10.3. The van der Waals surface area contributed by atoms with Crippen molar-refractivity contribution in [2.24, 2.45) is 0 Å². The van der Waals surface area contributed by atoms with Gasteiger partial charge in [-0.2, -0.15) is 0 Å². The molecule has 0 aromatic rings. The van der Waals surface area contributed by atoms with Crippen LogP contribution in [0.2, 0.25) is 0 Å². The summed E-state index contributed by atoms with van der Waals surface area (Å²) in [5, 5.41) is 0. The molecule has 3 nitrogen and oxygen atoms in total. The first-order valence-electron chi connectivity index (χ1n) is 3.89. The number of quaternary nitrogens is 1. The number of carbonyl (C=O) groups excluding carboxylic acids is 1. The molecule has 0 fully saturated rings. The van der Waals surface area contributed by atoms with Crippen LogP contribution in [0.4, 0.5) is 0 Å². The maximum atomic E-state index is 10.3. The molecular formula is C7H16CaCl2NO2+. The Kier molecular flexibility index (Phi) is 12.6. The average molecular weight is 257 g/mol. The van der Waals surface area contributed by atoms with Crippen molar-refractivity contribution < 1.29 is 14.0 Å². The van der Waals surface area contributed by atoms with Gasteiger partial charge in [0.15, 0.2) is 0 Å². The molecule has 0 rings (SSSR count). The van der Waals surface area contributed by atoms with Gasteiger partial charge in [0, 0.05) is 6.92 Å². The van der Waals surface area contributed by atoms with Gasteiger partial charge >= 0.3 is 49.6 Å². The van der Waals surface area contributed by atoms with E-state index in [2.05, 4.69) is 21.1 Å². The van der Waals surface area contributed by atoms with Crippen LogP contribution in [0.15, 0.2) is 0 Å². The molecule has 0 unspecified atom stereocenters. The number of ether oxygens (including phenoxy) is 1. The number of halogens is 2. The van der Waals surface area contributed by atoms with E-state index in [0.29, 0.717) is 6.61 Å². The molecule has 0 saturated carbocycles. The first-order chi connectivity index (χ1) is 5.83. The number of hydrogen-bond acceptors (Lipinski definition) is 2. The minimum atomic E-state index is -0.931. The first kappa shape index (κ1) is 16.7. The summed E-state index contributed by atoms with van der Waals surface area (Å²) in [6.07, 6.45) is 9.90. The van der Waals surface area contributed by atoms with Gasteiger partial charge in [-0.15, -0.1) is 0 Å². The zero-order valence-corrected chi connectivity index (χ0v) is 12.4. The minimum absolute atomic E-state index is 0.201. The van der Waals surface area contributed by atoms with E-state index in [9.17, 15) is 4.79 Å². The standard InChI is InChI=1S/C7H16NO2.Ca.2ClH/c1-7(9)10-6-5-8(2,3)4;;;/h5-6H2,1-4H3;;2*1H/q+1;+2;;/p-2. The fourth-order valence-electron chi connectivity index (χ4n) is 0.463. The molecule has 0 aromatic heterocycles. The Morgan fingerprint density at radius 3 is 2.00 bits per heavy atom. The Hall–Kier alpha value is 1.27. The summed E-state index contributed by atoms with van der Waals surface area (Å²) < 4.78 is 5.59. The van der Waals surface area contributed by atoms with Gasteiger partial charge in [0.2, 0.25) is 0 Å². The molecule has 0 aliphatic heterocycles. The van der Waals surface area contributed by atoms with E-state index in [-0.39, 0.29) is 5.97 Å². The van der Waals surface area contributed by atoms with E-state index in [1.807, 2.05) is 0 Å². The third-order valence-electron chi connectivity index (χ3n) is 1.07. The van der Waals surface area contributed by atoms with Crippen LogP contribution in [-0.2, 0) is 9.53 Å². The third-order valence-corrected chi connectivity index (χ3v) is 1.07. The van der Waals surface area contributed by atoms with Gasteiger partial charge < -0.3 is 9.22 Å². The Morgan fingerprint density at radius 1 is 1.38 bits per heavy atom. The summed E-state index contributed by atoms with van der Waals surface area (Å²) in [4.78, 5) is 10.3. The second-order valence-electron chi connectivity index (χ2n) is 3.45. The monoisotopic (exact) mass is 256 g/mol. The van der Waals surface area contributed by atoms with Crippen LogP contribution >= 0.6 is 12.8 Å². The van der Waals surface area contributed by atoms with Crippen LogP contribution in [0.1, 0.15) is 6.92 Å². The molecule has 0 bridgehead atoms. The predicted molar refractivity (Wildman–Crippen MR) is 57.0 cm³/mol. The molecule has 0 radical (unpaired) electrons. The Bertz CT molecular complexity index is 139. The molecule has 0 heterocycles. The van der Waals surface area contributed by atoms with E-state index in [4.69, 9.17) is 17.5 Å². The molecule has 0 N–H and O–H groups in total. The molecule has 0 amide bonds. The van der Waals surface area contributed by atoms with Crippen molar-refractivity contribution in [3.8, 4) is 0 Å². The number of carbonyl (C=O) groups is 1. The second kappa shape index (κ2) is 9.81. The van der Waals surface area contributed by atoms with Crippen molar-refractivity contribution in [3.05, 3.63) is 0 Å². The quantitative estimate of drug-likeness (QED) is 0.432. The van der Waals surface area contributed by atoms with E-state index in [1.54, 1.807) is 0 Å². The van der Waals surface area contributed by atoms with Crippen LogP contribution in [0.3, 0.4) is 0 Å². The molecule has 6 heteroatoms. The summed E-state index contributed by atoms with van der Waals surface area (Å²) in [5.41, 5.74) is 0. The van der Waals surface area contributed by atoms with E-state index < -0.39 is 30.8 Å². The molecular weight excluding hydrogens is 241 g/mol. The topological polar surface area (TPSA) is 26.3 Å². The molecule has 13 heavy (non-hydrogen) atoms.